The van der Waals surface area contributed by atoms with E-state index in [2.05, 4.69) is 0 Å². The van der Waals surface area contributed by atoms with E-state index in [1.807, 2.05) is 18.2 Å². The zero-order valence-electron chi connectivity index (χ0n) is 19.7. The maximum absolute atomic E-state index is 12.8. The summed E-state index contributed by atoms with van der Waals surface area (Å²) in [6, 6.07) is 12.0. The van der Waals surface area contributed by atoms with Gasteiger partial charge >= 0.3 is 6.16 Å². The number of piperazine rings is 1. The molecule has 0 saturated carbocycles. The van der Waals surface area contributed by atoms with E-state index in [1.54, 1.807) is 55.2 Å². The highest BCUT2D eigenvalue weighted by molar-refractivity contribution is 5.94. The van der Waals surface area contributed by atoms with E-state index in [0.717, 1.165) is 5.56 Å². The number of ether oxygens (including phenoxy) is 4. The number of aryl methyl sites for hydroxylation is 1. The van der Waals surface area contributed by atoms with Crippen LogP contribution in [0.4, 0.5) is 4.79 Å². The van der Waals surface area contributed by atoms with Crippen LogP contribution in [0.5, 0.6) is 17.2 Å². The molecule has 0 atom stereocenters. The van der Waals surface area contributed by atoms with Gasteiger partial charge in [-0.25, -0.2) is 4.79 Å². The van der Waals surface area contributed by atoms with Crippen molar-refractivity contribution in [1.82, 2.24) is 9.80 Å². The van der Waals surface area contributed by atoms with E-state index in [9.17, 15) is 14.4 Å². The van der Waals surface area contributed by atoms with Gasteiger partial charge in [-0.15, -0.1) is 0 Å². The summed E-state index contributed by atoms with van der Waals surface area (Å²) in [6.45, 7) is 3.81. The van der Waals surface area contributed by atoms with Crippen molar-refractivity contribution in [3.05, 3.63) is 53.6 Å². The van der Waals surface area contributed by atoms with Crippen molar-refractivity contribution < 1.29 is 33.3 Å². The first-order valence-corrected chi connectivity index (χ1v) is 11.2. The number of rotatable bonds is 8. The summed E-state index contributed by atoms with van der Waals surface area (Å²) in [5, 5.41) is 0. The molecule has 0 N–H and O–H groups in total. The molecule has 0 spiro atoms. The average molecular weight is 471 g/mol. The number of carbonyl (C=O) groups excluding carboxylic acids is 3. The molecule has 1 aliphatic rings. The summed E-state index contributed by atoms with van der Waals surface area (Å²) >= 11 is 0. The predicted octanol–water partition coefficient (Wildman–Crippen LogP) is 3.16. The maximum Gasteiger partial charge on any atom is 0.513 e. The molecule has 3 rings (SSSR count). The smallest absolute Gasteiger partial charge is 0.493 e. The molecular weight excluding hydrogens is 440 g/mol. The van der Waals surface area contributed by atoms with Crippen LogP contribution in [0.25, 0.3) is 0 Å². The molecule has 182 valence electrons. The molecule has 0 bridgehead atoms. The Morgan fingerprint density at radius 2 is 1.50 bits per heavy atom. The second kappa shape index (κ2) is 11.9. The van der Waals surface area contributed by atoms with E-state index in [0.29, 0.717) is 61.8 Å². The zero-order valence-corrected chi connectivity index (χ0v) is 19.7. The lowest BCUT2D eigenvalue weighted by Gasteiger charge is -2.35. The fourth-order valence-electron chi connectivity index (χ4n) is 3.70. The summed E-state index contributed by atoms with van der Waals surface area (Å²) in [5.74, 6) is 1.53. The van der Waals surface area contributed by atoms with Crippen LogP contribution in [0.3, 0.4) is 0 Å². The summed E-state index contributed by atoms with van der Waals surface area (Å²) in [4.78, 5) is 40.4. The van der Waals surface area contributed by atoms with E-state index in [-0.39, 0.29) is 18.4 Å². The molecule has 2 aromatic rings. The fourth-order valence-corrected chi connectivity index (χ4v) is 3.70. The standard InChI is InChI=1S/C25H30N2O7/c1-4-33-25(30)34-20-9-7-19(8-10-20)24(29)27-15-13-26(14-16-27)23(28)12-6-18-5-11-21(31-2)22(17-18)32-3/h5,7-11,17H,4,6,12-16H2,1-3H3. The fraction of sp³-hybridized carbons (Fsp3) is 0.400. The number of benzene rings is 2. The second-order valence-corrected chi connectivity index (χ2v) is 7.67. The van der Waals surface area contributed by atoms with Crippen LogP contribution < -0.4 is 14.2 Å². The Labute approximate surface area is 199 Å². The number of hydrogen-bond donors (Lipinski definition) is 0. The predicted molar refractivity (Wildman–Crippen MR) is 124 cm³/mol. The molecule has 1 fully saturated rings. The molecule has 1 saturated heterocycles. The molecule has 2 aromatic carbocycles. The van der Waals surface area contributed by atoms with Gasteiger partial charge in [0.05, 0.1) is 20.8 Å². The largest absolute Gasteiger partial charge is 0.513 e. The third-order valence-electron chi connectivity index (χ3n) is 5.56. The van der Waals surface area contributed by atoms with Gasteiger partial charge in [0.2, 0.25) is 5.91 Å². The van der Waals surface area contributed by atoms with Crippen molar-refractivity contribution >= 4 is 18.0 Å². The molecule has 0 radical (unpaired) electrons. The molecule has 34 heavy (non-hydrogen) atoms. The summed E-state index contributed by atoms with van der Waals surface area (Å²) in [6.07, 6.45) is 0.192. The van der Waals surface area contributed by atoms with Gasteiger partial charge in [0, 0.05) is 38.2 Å². The Balaban J connectivity index is 1.47. The number of amides is 2. The molecule has 9 nitrogen and oxygen atoms in total. The lowest BCUT2D eigenvalue weighted by Crippen LogP contribution is -2.50. The quantitative estimate of drug-likeness (QED) is 0.432. The molecule has 2 amide bonds. The van der Waals surface area contributed by atoms with E-state index in [1.165, 1.54) is 0 Å². The van der Waals surface area contributed by atoms with Gasteiger partial charge in [-0.1, -0.05) is 6.07 Å². The number of nitrogens with zero attached hydrogens (tertiary/aromatic N) is 2. The van der Waals surface area contributed by atoms with Crippen molar-refractivity contribution in [2.24, 2.45) is 0 Å². The van der Waals surface area contributed by atoms with Crippen molar-refractivity contribution in [1.29, 1.82) is 0 Å². The molecular formula is C25H30N2O7. The minimum absolute atomic E-state index is 0.0577. The van der Waals surface area contributed by atoms with Crippen LogP contribution in [-0.2, 0) is 16.0 Å². The van der Waals surface area contributed by atoms with Crippen molar-refractivity contribution in [3.8, 4) is 17.2 Å². The first-order valence-electron chi connectivity index (χ1n) is 11.2. The van der Waals surface area contributed by atoms with E-state index >= 15 is 0 Å². The van der Waals surface area contributed by atoms with Crippen LogP contribution >= 0.6 is 0 Å². The molecule has 1 heterocycles. The number of methoxy groups -OCH3 is 2. The monoisotopic (exact) mass is 470 g/mol. The summed E-state index contributed by atoms with van der Waals surface area (Å²) < 4.78 is 20.3. The summed E-state index contributed by atoms with van der Waals surface area (Å²) in [7, 11) is 3.17. The van der Waals surface area contributed by atoms with Gasteiger partial charge in [0.15, 0.2) is 11.5 Å². The normalized spacial score (nSPS) is 13.3. The lowest BCUT2D eigenvalue weighted by molar-refractivity contribution is -0.132. The Kier molecular flexibility index (Phi) is 8.73. The Bertz CT molecular complexity index is 999. The third-order valence-corrected chi connectivity index (χ3v) is 5.56. The minimum Gasteiger partial charge on any atom is -0.493 e. The van der Waals surface area contributed by atoms with Crippen LogP contribution in [0.2, 0.25) is 0 Å². The Morgan fingerprint density at radius 3 is 2.12 bits per heavy atom. The van der Waals surface area contributed by atoms with Crippen LogP contribution in [0.1, 0.15) is 29.3 Å². The molecule has 0 unspecified atom stereocenters. The van der Waals surface area contributed by atoms with Gasteiger partial charge in [-0.3, -0.25) is 9.59 Å². The van der Waals surface area contributed by atoms with Gasteiger partial charge < -0.3 is 28.7 Å². The van der Waals surface area contributed by atoms with Crippen LogP contribution in [-0.4, -0.2) is 74.8 Å². The minimum atomic E-state index is -0.784. The molecule has 1 aliphatic heterocycles. The highest BCUT2D eigenvalue weighted by Gasteiger charge is 2.25. The van der Waals surface area contributed by atoms with Gasteiger partial charge in [-0.05, 0) is 55.3 Å². The highest BCUT2D eigenvalue weighted by atomic mass is 16.7. The Morgan fingerprint density at radius 1 is 0.853 bits per heavy atom. The van der Waals surface area contributed by atoms with Gasteiger partial charge in [0.1, 0.15) is 5.75 Å². The topological polar surface area (TPSA) is 94.6 Å². The first-order chi connectivity index (χ1) is 16.4. The maximum atomic E-state index is 12.8. The number of carbonyl (C=O) groups is 3. The highest BCUT2D eigenvalue weighted by Crippen LogP contribution is 2.28. The van der Waals surface area contributed by atoms with Gasteiger partial charge in [0.25, 0.3) is 5.91 Å². The SMILES string of the molecule is CCOC(=O)Oc1ccc(C(=O)N2CCN(C(=O)CCc3ccc(OC)c(OC)c3)CC2)cc1. The van der Waals surface area contributed by atoms with Crippen molar-refractivity contribution in [3.63, 3.8) is 0 Å². The van der Waals surface area contributed by atoms with Gasteiger partial charge in [-0.2, -0.15) is 0 Å². The molecule has 0 aliphatic carbocycles. The molecule has 0 aromatic heterocycles. The first kappa shape index (κ1) is 24.9. The van der Waals surface area contributed by atoms with Crippen LogP contribution in [0.15, 0.2) is 42.5 Å². The zero-order chi connectivity index (χ0) is 24.5. The lowest BCUT2D eigenvalue weighted by atomic mass is 10.1. The average Bonchev–Trinajstić information content (AvgIpc) is 2.87. The number of hydrogen-bond acceptors (Lipinski definition) is 7. The van der Waals surface area contributed by atoms with Crippen LogP contribution in [0, 0.1) is 0 Å². The van der Waals surface area contributed by atoms with E-state index < -0.39 is 6.16 Å². The molecule has 9 heteroatoms. The second-order valence-electron chi connectivity index (χ2n) is 7.67. The summed E-state index contributed by atoms with van der Waals surface area (Å²) in [5.41, 5.74) is 1.49. The van der Waals surface area contributed by atoms with Crippen molar-refractivity contribution in [2.75, 3.05) is 47.0 Å². The third kappa shape index (κ3) is 6.40. The van der Waals surface area contributed by atoms with Crippen molar-refractivity contribution in [2.45, 2.75) is 19.8 Å². The Hall–Kier alpha value is -3.75. The van der Waals surface area contributed by atoms with E-state index in [4.69, 9.17) is 18.9 Å².